The maximum Gasteiger partial charge on any atom is 0.149 e. The van der Waals surface area contributed by atoms with Crippen molar-refractivity contribution in [2.75, 3.05) is 25.1 Å². The number of aromatic nitrogens is 3. The highest BCUT2D eigenvalue weighted by atomic mass is 32.1. The number of pyridine rings is 1. The summed E-state index contributed by atoms with van der Waals surface area (Å²) in [6, 6.07) is 23.1. The summed E-state index contributed by atoms with van der Waals surface area (Å²) in [4.78, 5) is 16.7. The van der Waals surface area contributed by atoms with Crippen molar-refractivity contribution in [1.82, 2.24) is 15.2 Å². The molecular formula is C26H26N4O2S. The highest BCUT2D eigenvalue weighted by molar-refractivity contribution is 7.17. The van der Waals surface area contributed by atoms with Crippen LogP contribution < -0.4 is 4.90 Å². The molecule has 0 amide bonds. The van der Waals surface area contributed by atoms with E-state index in [0.717, 1.165) is 58.5 Å². The minimum absolute atomic E-state index is 0.417. The normalized spacial score (nSPS) is 14.5. The zero-order valence-electron chi connectivity index (χ0n) is 18.6. The van der Waals surface area contributed by atoms with Gasteiger partial charge in [0.2, 0.25) is 0 Å². The van der Waals surface area contributed by atoms with Crippen LogP contribution in [0, 0.1) is 0 Å². The zero-order chi connectivity index (χ0) is 22.5. The second-order valence-corrected chi connectivity index (χ2v) is 9.09. The van der Waals surface area contributed by atoms with Gasteiger partial charge in [0.25, 0.3) is 0 Å². The molecule has 0 saturated carbocycles. The number of benzene rings is 2. The van der Waals surface area contributed by atoms with Crippen molar-refractivity contribution in [3.63, 3.8) is 0 Å². The Labute approximate surface area is 197 Å². The van der Waals surface area contributed by atoms with Crippen molar-refractivity contribution >= 4 is 17.2 Å². The van der Waals surface area contributed by atoms with E-state index in [9.17, 15) is 0 Å². The van der Waals surface area contributed by atoms with Gasteiger partial charge in [0.05, 0.1) is 7.11 Å². The largest absolute Gasteiger partial charge is 0.357 e. The van der Waals surface area contributed by atoms with E-state index in [4.69, 9.17) is 9.87 Å². The first-order valence-electron chi connectivity index (χ1n) is 11.1. The average molecular weight is 459 g/mol. The molecule has 1 aliphatic rings. The van der Waals surface area contributed by atoms with E-state index in [1.807, 2.05) is 30.5 Å². The van der Waals surface area contributed by atoms with Gasteiger partial charge in [-0.2, -0.15) is 0 Å². The van der Waals surface area contributed by atoms with E-state index in [-0.39, 0.29) is 0 Å². The fraction of sp³-hybridized carbons (Fsp3) is 0.269. The number of nitrogens with zero attached hydrogens (tertiary/aromatic N) is 4. The van der Waals surface area contributed by atoms with E-state index in [2.05, 4.69) is 62.4 Å². The Morgan fingerprint density at radius 3 is 2.24 bits per heavy atom. The van der Waals surface area contributed by atoms with Gasteiger partial charge in [-0.25, -0.2) is 14.8 Å². The first-order valence-corrected chi connectivity index (χ1v) is 12.0. The number of hydrogen-bond acceptors (Lipinski definition) is 7. The van der Waals surface area contributed by atoms with E-state index in [1.165, 1.54) is 12.7 Å². The highest BCUT2D eigenvalue weighted by Gasteiger charge is 2.21. The van der Waals surface area contributed by atoms with Crippen molar-refractivity contribution in [1.29, 1.82) is 0 Å². The van der Waals surface area contributed by atoms with Gasteiger partial charge < -0.3 is 4.90 Å². The minimum Gasteiger partial charge on any atom is -0.357 e. The van der Waals surface area contributed by atoms with Gasteiger partial charge in [-0.05, 0) is 42.0 Å². The smallest absolute Gasteiger partial charge is 0.149 e. The Balaban J connectivity index is 1.22. The first-order chi connectivity index (χ1) is 16.3. The molecule has 168 valence electrons. The van der Waals surface area contributed by atoms with Crippen LogP contribution >= 0.6 is 11.3 Å². The summed E-state index contributed by atoms with van der Waals surface area (Å²) >= 11 is 1.57. The Morgan fingerprint density at radius 2 is 1.58 bits per heavy atom. The predicted octanol–water partition coefficient (Wildman–Crippen LogP) is 5.73. The van der Waals surface area contributed by atoms with E-state index in [0.29, 0.717) is 12.5 Å². The molecule has 5 rings (SSSR count). The quantitative estimate of drug-likeness (QED) is 0.260. The van der Waals surface area contributed by atoms with Gasteiger partial charge in [-0.3, -0.25) is 0 Å². The van der Waals surface area contributed by atoms with E-state index < -0.39 is 0 Å². The molecule has 3 heterocycles. The van der Waals surface area contributed by atoms with Crippen LogP contribution in [0.2, 0.25) is 0 Å². The van der Waals surface area contributed by atoms with Crippen LogP contribution in [0.3, 0.4) is 0 Å². The van der Waals surface area contributed by atoms with Gasteiger partial charge in [0, 0.05) is 30.4 Å². The van der Waals surface area contributed by atoms with Crippen molar-refractivity contribution in [2.24, 2.45) is 0 Å². The molecular weight excluding hydrogens is 432 g/mol. The summed E-state index contributed by atoms with van der Waals surface area (Å²) in [6.07, 6.45) is 4.22. The highest BCUT2D eigenvalue weighted by Crippen LogP contribution is 2.32. The molecule has 0 N–H and O–H groups in total. The first kappa shape index (κ1) is 21.7. The van der Waals surface area contributed by atoms with Gasteiger partial charge in [0.15, 0.2) is 0 Å². The lowest BCUT2D eigenvalue weighted by molar-refractivity contribution is -0.282. The van der Waals surface area contributed by atoms with Gasteiger partial charge in [-0.15, -0.1) is 10.2 Å². The number of anilines is 1. The van der Waals surface area contributed by atoms with E-state index >= 15 is 0 Å². The van der Waals surface area contributed by atoms with Crippen molar-refractivity contribution in [3.05, 3.63) is 84.1 Å². The number of hydrogen-bond donors (Lipinski definition) is 0. The molecule has 0 spiro atoms. The summed E-state index contributed by atoms with van der Waals surface area (Å²) in [5.41, 5.74) is 4.51. The molecule has 6 nitrogen and oxygen atoms in total. The predicted molar refractivity (Wildman–Crippen MR) is 131 cm³/mol. The number of rotatable bonds is 7. The summed E-state index contributed by atoms with van der Waals surface area (Å²) in [5, 5.41) is 10.5. The van der Waals surface area contributed by atoms with E-state index in [1.54, 1.807) is 11.3 Å². The lowest BCUT2D eigenvalue weighted by Gasteiger charge is -2.33. The molecule has 0 unspecified atom stereocenters. The molecule has 0 radical (unpaired) electrons. The second-order valence-electron chi connectivity index (χ2n) is 8.12. The fourth-order valence-corrected chi connectivity index (χ4v) is 5.03. The van der Waals surface area contributed by atoms with Crippen molar-refractivity contribution in [3.8, 4) is 21.1 Å². The lowest BCUT2D eigenvalue weighted by Crippen LogP contribution is -2.33. The molecule has 0 atom stereocenters. The topological polar surface area (TPSA) is 60.4 Å². The standard InChI is InChI=1S/C26H26N4O2S/c1-31-32-18-19-7-9-22(10-8-19)25-28-29-26(33-25)23-11-12-24(27-17-23)30-15-13-21(14-16-30)20-5-3-2-4-6-20/h2-12,17,21H,13-16,18H2,1H3. The Kier molecular flexibility index (Phi) is 6.71. The maximum atomic E-state index is 4.97. The molecule has 33 heavy (non-hydrogen) atoms. The zero-order valence-corrected chi connectivity index (χ0v) is 19.4. The Morgan fingerprint density at radius 1 is 0.879 bits per heavy atom. The Hall–Kier alpha value is -3.13. The molecule has 0 bridgehead atoms. The van der Waals surface area contributed by atoms with Crippen LogP contribution in [0.25, 0.3) is 21.1 Å². The third-order valence-corrected chi connectivity index (χ3v) is 7.08. The molecule has 1 fully saturated rings. The van der Waals surface area contributed by atoms with Gasteiger partial charge in [0.1, 0.15) is 22.4 Å². The van der Waals surface area contributed by atoms with Crippen LogP contribution in [0.5, 0.6) is 0 Å². The van der Waals surface area contributed by atoms with Gasteiger partial charge >= 0.3 is 0 Å². The molecule has 4 aromatic rings. The van der Waals surface area contributed by atoms with Crippen LogP contribution in [0.4, 0.5) is 5.82 Å². The van der Waals surface area contributed by atoms with Crippen molar-refractivity contribution < 1.29 is 9.78 Å². The lowest BCUT2D eigenvalue weighted by atomic mass is 9.89. The Bertz CT molecular complexity index is 1160. The second kappa shape index (κ2) is 10.2. The molecule has 0 aliphatic carbocycles. The van der Waals surface area contributed by atoms with Crippen molar-refractivity contribution in [2.45, 2.75) is 25.4 Å². The fourth-order valence-electron chi connectivity index (χ4n) is 4.19. The van der Waals surface area contributed by atoms with Gasteiger partial charge in [-0.1, -0.05) is 65.9 Å². The summed E-state index contributed by atoms with van der Waals surface area (Å²) in [6.45, 7) is 2.47. The molecule has 2 aromatic heterocycles. The maximum absolute atomic E-state index is 4.97. The average Bonchev–Trinajstić information content (AvgIpc) is 3.39. The number of piperidine rings is 1. The summed E-state index contributed by atoms with van der Waals surface area (Å²) in [5.74, 6) is 1.67. The summed E-state index contributed by atoms with van der Waals surface area (Å²) < 4.78 is 0. The minimum atomic E-state index is 0.417. The SMILES string of the molecule is COOCc1ccc(-c2nnc(-c3ccc(N4CCC(c5ccccc5)CC4)nc3)s2)cc1. The molecule has 7 heteroatoms. The molecule has 1 saturated heterocycles. The van der Waals surface area contributed by atoms with Crippen LogP contribution in [-0.4, -0.2) is 35.4 Å². The third kappa shape index (κ3) is 5.11. The third-order valence-electron chi connectivity index (χ3n) is 6.05. The van der Waals surface area contributed by atoms with Crippen LogP contribution in [0.15, 0.2) is 72.9 Å². The van der Waals surface area contributed by atoms with Crippen LogP contribution in [-0.2, 0) is 16.4 Å². The summed E-state index contributed by atoms with van der Waals surface area (Å²) in [7, 11) is 1.51. The monoisotopic (exact) mass is 458 g/mol. The molecule has 1 aliphatic heterocycles. The molecule has 2 aromatic carbocycles. The van der Waals surface area contributed by atoms with Crippen LogP contribution in [0.1, 0.15) is 29.9 Å².